The van der Waals surface area contributed by atoms with Gasteiger partial charge < -0.3 is 14.7 Å². The van der Waals surface area contributed by atoms with Crippen molar-refractivity contribution in [2.75, 3.05) is 6.54 Å². The number of carbonyl (C=O) groups excluding carboxylic acids is 1. The molecule has 7 heteroatoms. The molecule has 3 aromatic carbocycles. The van der Waals surface area contributed by atoms with E-state index in [1.165, 1.54) is 24.3 Å². The fraction of sp³-hybridized carbons (Fsp3) is 0.231. The number of rotatable bonds is 7. The van der Waals surface area contributed by atoms with Gasteiger partial charge >= 0.3 is 5.97 Å². The van der Waals surface area contributed by atoms with Crippen molar-refractivity contribution in [3.8, 4) is 5.75 Å². The van der Waals surface area contributed by atoms with Crippen LogP contribution in [0.15, 0.2) is 66.7 Å². The van der Waals surface area contributed by atoms with Gasteiger partial charge in [0.05, 0.1) is 0 Å². The Morgan fingerprint density at radius 1 is 1.06 bits per heavy atom. The zero-order valence-electron chi connectivity index (χ0n) is 18.1. The number of carboxylic acids is 1. The molecule has 0 aromatic heterocycles. The quantitative estimate of drug-likeness (QED) is 0.569. The molecule has 0 saturated heterocycles. The molecular weight excluding hydrogens is 428 g/mol. The number of aliphatic carboxylic acids is 1. The molecule has 0 unspecified atom stereocenters. The highest BCUT2D eigenvalue weighted by molar-refractivity contribution is 5.96. The molecule has 1 N–H and O–H groups in total. The second-order valence-electron chi connectivity index (χ2n) is 8.50. The molecular formula is C26H23F2NO4. The van der Waals surface area contributed by atoms with Gasteiger partial charge in [-0.2, -0.15) is 0 Å². The molecule has 1 aliphatic heterocycles. The van der Waals surface area contributed by atoms with Gasteiger partial charge in [-0.25, -0.2) is 8.78 Å². The van der Waals surface area contributed by atoms with Crippen LogP contribution in [0.1, 0.15) is 34.0 Å². The number of carbonyl (C=O) groups is 2. The molecule has 33 heavy (non-hydrogen) atoms. The monoisotopic (exact) mass is 451 g/mol. The number of carboxylic acid groups (broad SMARTS) is 1. The lowest BCUT2D eigenvalue weighted by atomic mass is 9.91. The van der Waals surface area contributed by atoms with Gasteiger partial charge in [0.2, 0.25) is 0 Å². The maximum absolute atomic E-state index is 14.1. The third kappa shape index (κ3) is 5.19. The van der Waals surface area contributed by atoms with Crippen molar-refractivity contribution in [3.05, 3.63) is 101 Å². The van der Waals surface area contributed by atoms with E-state index < -0.39 is 29.8 Å². The smallest absolute Gasteiger partial charge is 0.323 e. The van der Waals surface area contributed by atoms with E-state index in [1.807, 2.05) is 6.92 Å². The van der Waals surface area contributed by atoms with Gasteiger partial charge in [-0.1, -0.05) is 30.3 Å². The summed E-state index contributed by atoms with van der Waals surface area (Å²) in [6, 6.07) is 17.2. The summed E-state index contributed by atoms with van der Waals surface area (Å²) in [7, 11) is 0. The third-order valence-electron chi connectivity index (χ3n) is 5.63. The Bertz CT molecular complexity index is 1210. The van der Waals surface area contributed by atoms with Gasteiger partial charge in [0.15, 0.2) is 0 Å². The first-order valence-corrected chi connectivity index (χ1v) is 10.5. The molecule has 0 saturated carbocycles. The molecule has 0 fully saturated rings. The van der Waals surface area contributed by atoms with Gasteiger partial charge in [-0.05, 0) is 60.0 Å². The number of hydrogen-bond donors (Lipinski definition) is 1. The van der Waals surface area contributed by atoms with E-state index in [-0.39, 0.29) is 12.4 Å². The summed E-state index contributed by atoms with van der Waals surface area (Å²) in [6.07, 6.45) is 0.836. The fourth-order valence-corrected chi connectivity index (χ4v) is 4.20. The number of amides is 1. The van der Waals surface area contributed by atoms with Crippen LogP contribution in [0.4, 0.5) is 8.78 Å². The van der Waals surface area contributed by atoms with Crippen molar-refractivity contribution in [1.82, 2.24) is 4.90 Å². The van der Waals surface area contributed by atoms with Crippen molar-refractivity contribution in [3.63, 3.8) is 0 Å². The van der Waals surface area contributed by atoms with Crippen LogP contribution in [-0.2, 0) is 24.2 Å². The van der Waals surface area contributed by atoms with Crippen LogP contribution in [0.25, 0.3) is 0 Å². The molecule has 0 spiro atoms. The average Bonchev–Trinajstić information content (AvgIpc) is 3.09. The minimum absolute atomic E-state index is 0.0402. The molecule has 1 atom stereocenters. The number of fused-ring (bicyclic) bond motifs is 1. The van der Waals surface area contributed by atoms with Gasteiger partial charge in [0, 0.05) is 24.9 Å². The van der Waals surface area contributed by atoms with Gasteiger partial charge in [0.1, 0.15) is 29.5 Å². The third-order valence-corrected chi connectivity index (χ3v) is 5.63. The molecule has 1 heterocycles. The average molecular weight is 451 g/mol. The van der Waals surface area contributed by atoms with E-state index in [2.05, 4.69) is 0 Å². The van der Waals surface area contributed by atoms with E-state index in [4.69, 9.17) is 4.74 Å². The van der Waals surface area contributed by atoms with E-state index in [9.17, 15) is 23.5 Å². The lowest BCUT2D eigenvalue weighted by Crippen LogP contribution is -2.35. The Kier molecular flexibility index (Phi) is 6.14. The van der Waals surface area contributed by atoms with Crippen LogP contribution in [0, 0.1) is 11.6 Å². The van der Waals surface area contributed by atoms with E-state index >= 15 is 0 Å². The summed E-state index contributed by atoms with van der Waals surface area (Å²) in [5.74, 6) is -1.79. The summed E-state index contributed by atoms with van der Waals surface area (Å²) in [4.78, 5) is 25.7. The van der Waals surface area contributed by atoms with E-state index in [1.54, 1.807) is 42.5 Å². The first-order valence-electron chi connectivity index (χ1n) is 10.5. The zero-order valence-corrected chi connectivity index (χ0v) is 18.1. The minimum atomic E-state index is -1.17. The first-order chi connectivity index (χ1) is 15.7. The van der Waals surface area contributed by atoms with Gasteiger partial charge in [-0.15, -0.1) is 0 Å². The largest absolute Gasteiger partial charge is 0.487 e. The molecule has 4 rings (SSSR count). The number of halogens is 2. The number of benzene rings is 3. The highest BCUT2D eigenvalue weighted by atomic mass is 19.1. The van der Waals surface area contributed by atoms with Crippen LogP contribution in [0.3, 0.4) is 0 Å². The maximum Gasteiger partial charge on any atom is 0.323 e. The summed E-state index contributed by atoms with van der Waals surface area (Å²) < 4.78 is 33.8. The van der Waals surface area contributed by atoms with Crippen molar-refractivity contribution in [1.29, 1.82) is 0 Å². The molecule has 0 bridgehead atoms. The minimum Gasteiger partial charge on any atom is -0.487 e. The lowest BCUT2D eigenvalue weighted by molar-refractivity contribution is -0.137. The Labute approximate surface area is 190 Å². The van der Waals surface area contributed by atoms with Gasteiger partial charge in [-0.3, -0.25) is 9.59 Å². The van der Waals surface area contributed by atoms with Crippen molar-refractivity contribution in [2.45, 2.75) is 31.9 Å². The molecule has 1 aliphatic rings. The number of hydrogen-bond acceptors (Lipinski definition) is 3. The van der Waals surface area contributed by atoms with Crippen LogP contribution >= 0.6 is 0 Å². The molecule has 1 amide bonds. The summed E-state index contributed by atoms with van der Waals surface area (Å²) in [5, 5.41) is 9.28. The molecule has 0 radical (unpaired) electrons. The fourth-order valence-electron chi connectivity index (χ4n) is 4.20. The molecule has 0 aliphatic carbocycles. The second-order valence-corrected chi connectivity index (χ2v) is 8.50. The Hall–Kier alpha value is -3.74. The van der Waals surface area contributed by atoms with Gasteiger partial charge in [0.25, 0.3) is 5.91 Å². The van der Waals surface area contributed by atoms with Crippen LogP contribution in [0.2, 0.25) is 0 Å². The standard InChI is InChI=1S/C26H23F2NO4/c1-26(13-19-6-2-3-8-22(19)28)14-20-12-18(9-10-23(20)33-26)25(32)29(16-24(30)31)15-17-5-4-7-21(27)11-17/h2-12H,13-16H2,1H3,(H,30,31)/t26-/m1/s1. The van der Waals surface area contributed by atoms with E-state index in [0.717, 1.165) is 10.5 Å². The Morgan fingerprint density at radius 3 is 2.58 bits per heavy atom. The van der Waals surface area contributed by atoms with Crippen LogP contribution < -0.4 is 4.74 Å². The highest BCUT2D eigenvalue weighted by Crippen LogP contribution is 2.38. The summed E-state index contributed by atoms with van der Waals surface area (Å²) in [5.41, 5.74) is 1.47. The second kappa shape index (κ2) is 9.02. The topological polar surface area (TPSA) is 66.8 Å². The summed E-state index contributed by atoms with van der Waals surface area (Å²) >= 11 is 0. The SMILES string of the molecule is C[C@@]1(Cc2ccccc2F)Cc2cc(C(=O)N(CC(=O)O)Cc3cccc(F)c3)ccc2O1. The Balaban J connectivity index is 1.54. The number of nitrogens with zero attached hydrogens (tertiary/aromatic N) is 1. The van der Waals surface area contributed by atoms with E-state index in [0.29, 0.717) is 35.3 Å². The molecule has 170 valence electrons. The van der Waals surface area contributed by atoms with Crippen LogP contribution in [0.5, 0.6) is 5.75 Å². The predicted molar refractivity (Wildman–Crippen MR) is 118 cm³/mol. The van der Waals surface area contributed by atoms with Crippen molar-refractivity contribution < 1.29 is 28.2 Å². The van der Waals surface area contributed by atoms with Crippen LogP contribution in [-0.4, -0.2) is 34.0 Å². The molecule has 5 nitrogen and oxygen atoms in total. The first kappa shape index (κ1) is 22.5. The maximum atomic E-state index is 14.1. The highest BCUT2D eigenvalue weighted by Gasteiger charge is 2.36. The summed E-state index contributed by atoms with van der Waals surface area (Å²) in [6.45, 7) is 1.33. The number of ether oxygens (including phenoxy) is 1. The lowest BCUT2D eigenvalue weighted by Gasteiger charge is -2.24. The molecule has 3 aromatic rings. The Morgan fingerprint density at radius 2 is 1.85 bits per heavy atom. The normalized spacial score (nSPS) is 16.7. The zero-order chi connectivity index (χ0) is 23.6. The van der Waals surface area contributed by atoms with Crippen molar-refractivity contribution >= 4 is 11.9 Å². The van der Waals surface area contributed by atoms with Crippen molar-refractivity contribution in [2.24, 2.45) is 0 Å². The predicted octanol–water partition coefficient (Wildman–Crippen LogP) is 4.63.